The third-order valence-corrected chi connectivity index (χ3v) is 2.38. The Labute approximate surface area is 102 Å². The molecule has 16 heavy (non-hydrogen) atoms. The van der Waals surface area contributed by atoms with Gasteiger partial charge in [0, 0.05) is 13.2 Å². The summed E-state index contributed by atoms with van der Waals surface area (Å²) in [5, 5.41) is 3.45. The SMILES string of the molecule is CC(C)CNCCCCCOCCN(C)C. The van der Waals surface area contributed by atoms with E-state index >= 15 is 0 Å². The predicted molar refractivity (Wildman–Crippen MR) is 70.9 cm³/mol. The van der Waals surface area contributed by atoms with Crippen molar-refractivity contribution in [3.63, 3.8) is 0 Å². The third-order valence-electron chi connectivity index (χ3n) is 2.38. The van der Waals surface area contributed by atoms with Gasteiger partial charge in [0.2, 0.25) is 0 Å². The summed E-state index contributed by atoms with van der Waals surface area (Å²) in [5.41, 5.74) is 0. The van der Waals surface area contributed by atoms with Crippen LogP contribution in [0.15, 0.2) is 0 Å². The molecule has 0 bridgehead atoms. The summed E-state index contributed by atoms with van der Waals surface area (Å²) < 4.78 is 5.53. The summed E-state index contributed by atoms with van der Waals surface area (Å²) in [5.74, 6) is 0.759. The van der Waals surface area contributed by atoms with Gasteiger partial charge < -0.3 is 15.0 Å². The van der Waals surface area contributed by atoms with Crippen LogP contribution < -0.4 is 5.32 Å². The van der Waals surface area contributed by atoms with Crippen LogP contribution in [-0.4, -0.2) is 51.8 Å². The number of nitrogens with zero attached hydrogens (tertiary/aromatic N) is 1. The highest BCUT2D eigenvalue weighted by Crippen LogP contribution is 1.95. The second-order valence-corrected chi connectivity index (χ2v) is 5.07. The van der Waals surface area contributed by atoms with Crippen molar-refractivity contribution < 1.29 is 4.74 Å². The lowest BCUT2D eigenvalue weighted by atomic mass is 10.2. The molecule has 3 nitrogen and oxygen atoms in total. The Bertz CT molecular complexity index is 122. The first-order chi connectivity index (χ1) is 7.63. The molecule has 0 atom stereocenters. The van der Waals surface area contributed by atoms with E-state index in [-0.39, 0.29) is 0 Å². The second kappa shape index (κ2) is 11.4. The first kappa shape index (κ1) is 15.9. The van der Waals surface area contributed by atoms with Gasteiger partial charge in [-0.1, -0.05) is 13.8 Å². The molecule has 1 N–H and O–H groups in total. The minimum Gasteiger partial charge on any atom is -0.380 e. The molecule has 0 saturated carbocycles. The fourth-order valence-electron chi connectivity index (χ4n) is 1.37. The highest BCUT2D eigenvalue weighted by Gasteiger charge is 1.94. The Morgan fingerprint density at radius 2 is 1.81 bits per heavy atom. The van der Waals surface area contributed by atoms with E-state index in [0.29, 0.717) is 0 Å². The summed E-state index contributed by atoms with van der Waals surface area (Å²) in [4.78, 5) is 2.15. The van der Waals surface area contributed by atoms with Crippen molar-refractivity contribution in [2.24, 2.45) is 5.92 Å². The first-order valence-electron chi connectivity index (χ1n) is 6.56. The molecule has 0 aliphatic carbocycles. The van der Waals surface area contributed by atoms with Crippen molar-refractivity contribution in [2.75, 3.05) is 46.9 Å². The largest absolute Gasteiger partial charge is 0.380 e. The maximum Gasteiger partial charge on any atom is 0.0593 e. The molecule has 98 valence electrons. The number of unbranched alkanes of at least 4 members (excludes halogenated alkanes) is 2. The van der Waals surface area contributed by atoms with Gasteiger partial charge in [-0.15, -0.1) is 0 Å². The van der Waals surface area contributed by atoms with Crippen LogP contribution in [0.25, 0.3) is 0 Å². The van der Waals surface area contributed by atoms with Gasteiger partial charge in [0.25, 0.3) is 0 Å². The van der Waals surface area contributed by atoms with Gasteiger partial charge in [0.15, 0.2) is 0 Å². The van der Waals surface area contributed by atoms with Gasteiger partial charge in [-0.2, -0.15) is 0 Å². The maximum atomic E-state index is 5.53. The van der Waals surface area contributed by atoms with E-state index in [1.807, 2.05) is 0 Å². The van der Waals surface area contributed by atoms with Crippen molar-refractivity contribution in [1.82, 2.24) is 10.2 Å². The topological polar surface area (TPSA) is 24.5 Å². The van der Waals surface area contributed by atoms with Crippen LogP contribution in [0, 0.1) is 5.92 Å². The Kier molecular flexibility index (Phi) is 11.3. The van der Waals surface area contributed by atoms with E-state index in [2.05, 4.69) is 38.2 Å². The van der Waals surface area contributed by atoms with E-state index in [0.717, 1.165) is 38.8 Å². The standard InChI is InChI=1S/C13H30N2O/c1-13(2)12-14-8-6-5-7-10-16-11-9-15(3)4/h13-14H,5-12H2,1-4H3. The van der Waals surface area contributed by atoms with Crippen LogP contribution in [0.2, 0.25) is 0 Å². The average molecular weight is 230 g/mol. The molecule has 0 amide bonds. The monoisotopic (exact) mass is 230 g/mol. The van der Waals surface area contributed by atoms with E-state index in [9.17, 15) is 0 Å². The van der Waals surface area contributed by atoms with Crippen LogP contribution in [0.1, 0.15) is 33.1 Å². The van der Waals surface area contributed by atoms with Crippen molar-refractivity contribution in [2.45, 2.75) is 33.1 Å². The molecule has 0 rings (SSSR count). The van der Waals surface area contributed by atoms with Gasteiger partial charge in [-0.25, -0.2) is 0 Å². The summed E-state index contributed by atoms with van der Waals surface area (Å²) in [6, 6.07) is 0. The minimum atomic E-state index is 0.759. The van der Waals surface area contributed by atoms with E-state index in [1.54, 1.807) is 0 Å². The molecule has 0 fully saturated rings. The first-order valence-corrected chi connectivity index (χ1v) is 6.56. The summed E-state index contributed by atoms with van der Waals surface area (Å²) >= 11 is 0. The molecule has 0 spiro atoms. The normalized spacial score (nSPS) is 11.6. The number of hydrogen-bond acceptors (Lipinski definition) is 3. The molecule has 3 heteroatoms. The Balaban J connectivity index is 2.93. The zero-order valence-electron chi connectivity index (χ0n) is 11.6. The Hall–Kier alpha value is -0.120. The molecule has 0 heterocycles. The van der Waals surface area contributed by atoms with Gasteiger partial charge in [-0.3, -0.25) is 0 Å². The van der Waals surface area contributed by atoms with Crippen molar-refractivity contribution in [1.29, 1.82) is 0 Å². The van der Waals surface area contributed by atoms with Crippen molar-refractivity contribution in [3.05, 3.63) is 0 Å². The molecule has 0 aromatic heterocycles. The van der Waals surface area contributed by atoms with Gasteiger partial charge >= 0.3 is 0 Å². The number of nitrogens with one attached hydrogen (secondary N) is 1. The molecular weight excluding hydrogens is 200 g/mol. The van der Waals surface area contributed by atoms with Crippen LogP contribution in [-0.2, 0) is 4.74 Å². The van der Waals surface area contributed by atoms with Gasteiger partial charge in [-0.05, 0) is 52.4 Å². The molecule has 0 unspecified atom stereocenters. The zero-order valence-corrected chi connectivity index (χ0v) is 11.6. The van der Waals surface area contributed by atoms with Crippen LogP contribution >= 0.6 is 0 Å². The summed E-state index contributed by atoms with van der Waals surface area (Å²) in [6.45, 7) is 9.57. The third kappa shape index (κ3) is 13.9. The smallest absolute Gasteiger partial charge is 0.0593 e. The van der Waals surface area contributed by atoms with Gasteiger partial charge in [0.1, 0.15) is 0 Å². The molecule has 0 aliphatic rings. The molecule has 0 aromatic carbocycles. The summed E-state index contributed by atoms with van der Waals surface area (Å²) in [7, 11) is 4.15. The molecule has 0 aliphatic heterocycles. The molecule has 0 radical (unpaired) electrons. The maximum absolute atomic E-state index is 5.53. The van der Waals surface area contributed by atoms with E-state index in [1.165, 1.54) is 19.3 Å². The van der Waals surface area contributed by atoms with Crippen LogP contribution in [0.3, 0.4) is 0 Å². The van der Waals surface area contributed by atoms with Gasteiger partial charge in [0.05, 0.1) is 6.61 Å². The fourth-order valence-corrected chi connectivity index (χ4v) is 1.37. The average Bonchev–Trinajstić information content (AvgIpc) is 2.20. The number of likely N-dealkylation sites (N-methyl/N-ethyl adjacent to an activating group) is 1. The lowest BCUT2D eigenvalue weighted by Crippen LogP contribution is -2.20. The highest BCUT2D eigenvalue weighted by atomic mass is 16.5. The van der Waals surface area contributed by atoms with E-state index < -0.39 is 0 Å². The Morgan fingerprint density at radius 3 is 2.44 bits per heavy atom. The Morgan fingerprint density at radius 1 is 1.06 bits per heavy atom. The predicted octanol–water partition coefficient (Wildman–Crippen LogP) is 1.98. The minimum absolute atomic E-state index is 0.759. The van der Waals surface area contributed by atoms with Crippen molar-refractivity contribution >= 4 is 0 Å². The fraction of sp³-hybridized carbons (Fsp3) is 1.00. The lowest BCUT2D eigenvalue weighted by molar-refractivity contribution is 0.114. The lowest BCUT2D eigenvalue weighted by Gasteiger charge is -2.10. The second-order valence-electron chi connectivity index (χ2n) is 5.07. The highest BCUT2D eigenvalue weighted by molar-refractivity contribution is 4.51. The molecular formula is C13H30N2O. The van der Waals surface area contributed by atoms with E-state index in [4.69, 9.17) is 4.74 Å². The quantitative estimate of drug-likeness (QED) is 0.549. The summed E-state index contributed by atoms with van der Waals surface area (Å²) in [6.07, 6.45) is 3.73. The molecule has 0 aromatic rings. The number of hydrogen-bond donors (Lipinski definition) is 1. The van der Waals surface area contributed by atoms with Crippen LogP contribution in [0.5, 0.6) is 0 Å². The number of ether oxygens (including phenoxy) is 1. The number of rotatable bonds is 11. The molecule has 0 saturated heterocycles. The van der Waals surface area contributed by atoms with Crippen LogP contribution in [0.4, 0.5) is 0 Å². The van der Waals surface area contributed by atoms with Crippen molar-refractivity contribution in [3.8, 4) is 0 Å². The zero-order chi connectivity index (χ0) is 12.2.